The maximum Gasteiger partial charge on any atom is 0.254 e. The molecule has 0 saturated heterocycles. The Bertz CT molecular complexity index is 306. The highest BCUT2D eigenvalue weighted by molar-refractivity contribution is 5.93. The van der Waals surface area contributed by atoms with Gasteiger partial charge in [0, 0.05) is 18.4 Å². The number of carbonyl (C=O) groups excluding carboxylic acids is 1. The van der Waals surface area contributed by atoms with Gasteiger partial charge in [-0.1, -0.05) is 12.8 Å². The van der Waals surface area contributed by atoms with Crippen molar-refractivity contribution in [2.45, 2.75) is 31.7 Å². The van der Waals surface area contributed by atoms with E-state index in [-0.39, 0.29) is 5.91 Å². The van der Waals surface area contributed by atoms with Crippen molar-refractivity contribution in [1.82, 2.24) is 15.3 Å². The average Bonchev–Trinajstić information content (AvgIpc) is 2.72. The normalized spacial score (nSPS) is 16.9. The summed E-state index contributed by atoms with van der Waals surface area (Å²) in [7, 11) is 0. The molecule has 2 rings (SSSR count). The third kappa shape index (κ3) is 2.07. The van der Waals surface area contributed by atoms with E-state index >= 15 is 0 Å². The minimum Gasteiger partial charge on any atom is -0.349 e. The molecular formula is C10H13N3O. The Morgan fingerprint density at radius 2 is 1.93 bits per heavy atom. The van der Waals surface area contributed by atoms with Gasteiger partial charge in [0.15, 0.2) is 0 Å². The van der Waals surface area contributed by atoms with Gasteiger partial charge in [-0.25, -0.2) is 9.97 Å². The fourth-order valence-corrected chi connectivity index (χ4v) is 1.76. The van der Waals surface area contributed by atoms with Gasteiger partial charge in [0.1, 0.15) is 6.33 Å². The van der Waals surface area contributed by atoms with Crippen LogP contribution in [-0.2, 0) is 0 Å². The summed E-state index contributed by atoms with van der Waals surface area (Å²) in [6.07, 6.45) is 9.13. The molecule has 1 aliphatic carbocycles. The minimum absolute atomic E-state index is 0.0579. The van der Waals surface area contributed by atoms with Crippen LogP contribution in [0.3, 0.4) is 0 Å². The summed E-state index contributed by atoms with van der Waals surface area (Å²) in [5.74, 6) is -0.0579. The number of hydrogen-bond donors (Lipinski definition) is 1. The Morgan fingerprint density at radius 3 is 2.57 bits per heavy atom. The molecule has 14 heavy (non-hydrogen) atoms. The van der Waals surface area contributed by atoms with Gasteiger partial charge in [-0.05, 0) is 12.8 Å². The van der Waals surface area contributed by atoms with Gasteiger partial charge in [0.25, 0.3) is 5.91 Å². The van der Waals surface area contributed by atoms with E-state index in [1.807, 2.05) is 0 Å². The van der Waals surface area contributed by atoms with Crippen LogP contribution in [0.2, 0.25) is 0 Å². The smallest absolute Gasteiger partial charge is 0.254 e. The number of aromatic nitrogens is 2. The maximum absolute atomic E-state index is 11.6. The molecular weight excluding hydrogens is 178 g/mol. The molecule has 0 atom stereocenters. The van der Waals surface area contributed by atoms with Crippen molar-refractivity contribution in [3.63, 3.8) is 0 Å². The molecule has 1 saturated carbocycles. The number of nitrogens with one attached hydrogen (secondary N) is 1. The van der Waals surface area contributed by atoms with E-state index < -0.39 is 0 Å². The average molecular weight is 191 g/mol. The first kappa shape index (κ1) is 9.12. The standard InChI is InChI=1S/C10H13N3O/c14-10(8-5-11-7-12-6-8)13-9-3-1-2-4-9/h5-7,9H,1-4H2,(H,13,14). The zero-order valence-electron chi connectivity index (χ0n) is 7.94. The number of rotatable bonds is 2. The van der Waals surface area contributed by atoms with Crippen LogP contribution in [0.15, 0.2) is 18.7 Å². The Balaban J connectivity index is 1.95. The number of nitrogens with zero attached hydrogens (tertiary/aromatic N) is 2. The van der Waals surface area contributed by atoms with E-state index in [9.17, 15) is 4.79 Å². The molecule has 4 heteroatoms. The van der Waals surface area contributed by atoms with Gasteiger partial charge < -0.3 is 5.32 Å². The van der Waals surface area contributed by atoms with Gasteiger partial charge in [-0.3, -0.25) is 4.79 Å². The fraction of sp³-hybridized carbons (Fsp3) is 0.500. The summed E-state index contributed by atoms with van der Waals surface area (Å²) < 4.78 is 0. The van der Waals surface area contributed by atoms with Crippen molar-refractivity contribution >= 4 is 5.91 Å². The summed E-state index contributed by atoms with van der Waals surface area (Å²) in [6, 6.07) is 0.350. The topological polar surface area (TPSA) is 54.9 Å². The molecule has 1 N–H and O–H groups in total. The molecule has 1 fully saturated rings. The summed E-state index contributed by atoms with van der Waals surface area (Å²) >= 11 is 0. The van der Waals surface area contributed by atoms with Crippen molar-refractivity contribution in [3.8, 4) is 0 Å². The van der Waals surface area contributed by atoms with Gasteiger partial charge in [0.05, 0.1) is 5.56 Å². The third-order valence-electron chi connectivity index (χ3n) is 2.51. The van der Waals surface area contributed by atoms with Crippen LogP contribution in [0.4, 0.5) is 0 Å². The Labute approximate surface area is 82.8 Å². The van der Waals surface area contributed by atoms with Crippen LogP contribution in [0.1, 0.15) is 36.0 Å². The molecule has 1 heterocycles. The zero-order valence-corrected chi connectivity index (χ0v) is 7.94. The number of hydrogen-bond acceptors (Lipinski definition) is 3. The lowest BCUT2D eigenvalue weighted by molar-refractivity contribution is 0.0937. The lowest BCUT2D eigenvalue weighted by Gasteiger charge is -2.10. The highest BCUT2D eigenvalue weighted by Gasteiger charge is 2.17. The zero-order chi connectivity index (χ0) is 9.80. The van der Waals surface area contributed by atoms with Crippen LogP contribution in [0.25, 0.3) is 0 Å². The summed E-state index contributed by atoms with van der Waals surface area (Å²) in [5.41, 5.74) is 0.541. The maximum atomic E-state index is 11.6. The Kier molecular flexibility index (Phi) is 2.72. The fourth-order valence-electron chi connectivity index (χ4n) is 1.76. The Morgan fingerprint density at radius 1 is 1.29 bits per heavy atom. The lowest BCUT2D eigenvalue weighted by atomic mass is 10.2. The summed E-state index contributed by atoms with van der Waals surface area (Å²) in [5, 5.41) is 2.98. The molecule has 1 aliphatic rings. The van der Waals surface area contributed by atoms with E-state index in [0.29, 0.717) is 11.6 Å². The van der Waals surface area contributed by atoms with Crippen molar-refractivity contribution < 1.29 is 4.79 Å². The summed E-state index contributed by atoms with van der Waals surface area (Å²) in [6.45, 7) is 0. The monoisotopic (exact) mass is 191 g/mol. The molecule has 1 aromatic heterocycles. The molecule has 0 unspecified atom stereocenters. The van der Waals surface area contributed by atoms with Crippen molar-refractivity contribution in [3.05, 3.63) is 24.3 Å². The number of carbonyl (C=O) groups is 1. The third-order valence-corrected chi connectivity index (χ3v) is 2.51. The summed E-state index contributed by atoms with van der Waals surface area (Å²) in [4.78, 5) is 19.2. The van der Waals surface area contributed by atoms with E-state index in [0.717, 1.165) is 12.8 Å². The van der Waals surface area contributed by atoms with E-state index in [1.54, 1.807) is 0 Å². The first-order valence-electron chi connectivity index (χ1n) is 4.92. The van der Waals surface area contributed by atoms with Gasteiger partial charge >= 0.3 is 0 Å². The second kappa shape index (κ2) is 4.17. The molecule has 0 radical (unpaired) electrons. The van der Waals surface area contributed by atoms with Crippen molar-refractivity contribution in [1.29, 1.82) is 0 Å². The second-order valence-electron chi connectivity index (χ2n) is 3.58. The quantitative estimate of drug-likeness (QED) is 0.762. The highest BCUT2D eigenvalue weighted by atomic mass is 16.1. The lowest BCUT2D eigenvalue weighted by Crippen LogP contribution is -2.32. The van der Waals surface area contributed by atoms with Crippen molar-refractivity contribution in [2.75, 3.05) is 0 Å². The molecule has 0 aromatic carbocycles. The van der Waals surface area contributed by atoms with Crippen LogP contribution in [-0.4, -0.2) is 21.9 Å². The molecule has 4 nitrogen and oxygen atoms in total. The predicted octanol–water partition coefficient (Wildman–Crippen LogP) is 1.15. The Hall–Kier alpha value is -1.45. The van der Waals surface area contributed by atoms with Crippen LogP contribution < -0.4 is 5.32 Å². The minimum atomic E-state index is -0.0579. The van der Waals surface area contributed by atoms with Gasteiger partial charge in [-0.15, -0.1) is 0 Å². The largest absolute Gasteiger partial charge is 0.349 e. The van der Waals surface area contributed by atoms with E-state index in [2.05, 4.69) is 15.3 Å². The van der Waals surface area contributed by atoms with E-state index in [4.69, 9.17) is 0 Å². The van der Waals surface area contributed by atoms with Crippen LogP contribution in [0, 0.1) is 0 Å². The van der Waals surface area contributed by atoms with Crippen LogP contribution >= 0.6 is 0 Å². The SMILES string of the molecule is O=C(NC1CCCC1)c1cncnc1. The van der Waals surface area contributed by atoms with Gasteiger partial charge in [0.2, 0.25) is 0 Å². The van der Waals surface area contributed by atoms with Crippen LogP contribution in [0.5, 0.6) is 0 Å². The van der Waals surface area contributed by atoms with Gasteiger partial charge in [-0.2, -0.15) is 0 Å². The molecule has 0 spiro atoms. The predicted molar refractivity (Wildman–Crippen MR) is 51.8 cm³/mol. The molecule has 0 bridgehead atoms. The highest BCUT2D eigenvalue weighted by Crippen LogP contribution is 2.17. The molecule has 1 amide bonds. The molecule has 74 valence electrons. The molecule has 0 aliphatic heterocycles. The first-order chi connectivity index (χ1) is 6.86. The second-order valence-corrected chi connectivity index (χ2v) is 3.58. The van der Waals surface area contributed by atoms with Crippen molar-refractivity contribution in [2.24, 2.45) is 0 Å². The first-order valence-corrected chi connectivity index (χ1v) is 4.92. The van der Waals surface area contributed by atoms with E-state index in [1.165, 1.54) is 31.6 Å². The number of amides is 1. The molecule has 1 aromatic rings.